The first-order chi connectivity index (χ1) is 9.34. The van der Waals surface area contributed by atoms with Gasteiger partial charge in [0.05, 0.1) is 9.35 Å². The topological polar surface area (TPSA) is 83.4 Å². The number of hydrogen-bond donors (Lipinski definition) is 1. The van der Waals surface area contributed by atoms with E-state index in [1.807, 2.05) is 0 Å². The van der Waals surface area contributed by atoms with Gasteiger partial charge in [-0.25, -0.2) is 4.79 Å². The summed E-state index contributed by atoms with van der Waals surface area (Å²) >= 11 is 5.81. The molecule has 6 nitrogen and oxygen atoms in total. The summed E-state index contributed by atoms with van der Waals surface area (Å²) in [7, 11) is 0. The molecule has 0 aliphatic heterocycles. The highest BCUT2D eigenvalue weighted by Crippen LogP contribution is 2.37. The number of carboxylic acid groups (broad SMARTS) is 1. The van der Waals surface area contributed by atoms with Crippen molar-refractivity contribution in [3.05, 3.63) is 9.35 Å². The van der Waals surface area contributed by atoms with Crippen LogP contribution in [-0.4, -0.2) is 43.6 Å². The molecule has 2 heterocycles. The van der Waals surface area contributed by atoms with E-state index in [0.29, 0.717) is 18.9 Å². The first kappa shape index (κ1) is 15.3. The molecule has 9 heteroatoms. The van der Waals surface area contributed by atoms with E-state index in [4.69, 9.17) is 5.11 Å². The third kappa shape index (κ3) is 2.57. The lowest BCUT2D eigenvalue weighted by Gasteiger charge is -2.30. The van der Waals surface area contributed by atoms with Crippen molar-refractivity contribution in [3.63, 3.8) is 0 Å². The van der Waals surface area contributed by atoms with Gasteiger partial charge in [0.1, 0.15) is 10.7 Å². The SMILES string of the molecule is CC(C)N(C(=O)c1c(Br)sc2nnsc12)C(C)C(=O)O. The fourth-order valence-electron chi connectivity index (χ4n) is 1.91. The third-order valence-corrected chi connectivity index (χ3v) is 5.46. The molecule has 20 heavy (non-hydrogen) atoms. The first-order valence-electron chi connectivity index (χ1n) is 5.80. The van der Waals surface area contributed by atoms with Gasteiger partial charge in [-0.2, -0.15) is 0 Å². The number of fused-ring (bicyclic) bond motifs is 1. The van der Waals surface area contributed by atoms with E-state index >= 15 is 0 Å². The number of nitrogens with zero attached hydrogens (tertiary/aromatic N) is 3. The lowest BCUT2D eigenvalue weighted by molar-refractivity contribution is -0.142. The molecule has 0 aromatic carbocycles. The Labute approximate surface area is 131 Å². The summed E-state index contributed by atoms with van der Waals surface area (Å²) in [5, 5.41) is 13.1. The number of halogens is 1. The van der Waals surface area contributed by atoms with Crippen LogP contribution in [0.2, 0.25) is 0 Å². The summed E-state index contributed by atoms with van der Waals surface area (Å²) in [6.07, 6.45) is 0. The highest BCUT2D eigenvalue weighted by Gasteiger charge is 2.32. The molecule has 2 aromatic rings. The molecule has 1 unspecified atom stereocenters. The van der Waals surface area contributed by atoms with E-state index in [-0.39, 0.29) is 11.9 Å². The molecule has 0 aliphatic rings. The van der Waals surface area contributed by atoms with E-state index in [1.54, 1.807) is 13.8 Å². The van der Waals surface area contributed by atoms with E-state index < -0.39 is 12.0 Å². The van der Waals surface area contributed by atoms with Gasteiger partial charge in [-0.3, -0.25) is 4.79 Å². The molecule has 108 valence electrons. The number of carboxylic acids is 1. The molecule has 0 saturated carbocycles. The number of aliphatic carboxylic acids is 1. The Bertz CT molecular complexity index is 667. The van der Waals surface area contributed by atoms with Gasteiger partial charge < -0.3 is 10.0 Å². The van der Waals surface area contributed by atoms with Crippen molar-refractivity contribution in [1.82, 2.24) is 14.5 Å². The fraction of sp³-hybridized carbons (Fsp3) is 0.455. The van der Waals surface area contributed by atoms with E-state index in [0.717, 1.165) is 11.5 Å². The maximum atomic E-state index is 12.7. The number of rotatable bonds is 4. The second-order valence-electron chi connectivity index (χ2n) is 4.48. The zero-order valence-corrected chi connectivity index (χ0v) is 14.2. The molecule has 2 aromatic heterocycles. The van der Waals surface area contributed by atoms with Crippen LogP contribution in [0, 0.1) is 0 Å². The first-order valence-corrected chi connectivity index (χ1v) is 8.18. The van der Waals surface area contributed by atoms with Gasteiger partial charge in [0.25, 0.3) is 5.91 Å². The van der Waals surface area contributed by atoms with E-state index in [1.165, 1.54) is 23.2 Å². The second kappa shape index (κ2) is 5.74. The predicted octanol–water partition coefficient (Wildman–Crippen LogP) is 2.84. The zero-order chi connectivity index (χ0) is 15.0. The molecule has 1 atom stereocenters. The van der Waals surface area contributed by atoms with Crippen LogP contribution in [0.15, 0.2) is 3.79 Å². The Morgan fingerprint density at radius 3 is 2.55 bits per heavy atom. The summed E-state index contributed by atoms with van der Waals surface area (Å²) in [6, 6.07) is -1.12. The Morgan fingerprint density at radius 1 is 1.35 bits per heavy atom. The molecule has 0 spiro atoms. The van der Waals surface area contributed by atoms with Crippen molar-refractivity contribution in [2.45, 2.75) is 32.9 Å². The Kier molecular flexibility index (Phi) is 4.40. The minimum absolute atomic E-state index is 0.226. The number of amides is 1. The van der Waals surface area contributed by atoms with Gasteiger partial charge in [0.2, 0.25) is 0 Å². The smallest absolute Gasteiger partial charge is 0.326 e. The summed E-state index contributed by atoms with van der Waals surface area (Å²) < 4.78 is 5.17. The average molecular weight is 378 g/mol. The fourth-order valence-corrected chi connectivity index (χ4v) is 4.57. The van der Waals surface area contributed by atoms with Crippen molar-refractivity contribution in [2.24, 2.45) is 0 Å². The molecule has 0 saturated heterocycles. The Hall–Kier alpha value is -1.06. The largest absolute Gasteiger partial charge is 0.480 e. The predicted molar refractivity (Wildman–Crippen MR) is 81.4 cm³/mol. The summed E-state index contributed by atoms with van der Waals surface area (Å²) in [5.41, 5.74) is 0.446. The van der Waals surface area contributed by atoms with Crippen LogP contribution in [0.3, 0.4) is 0 Å². The van der Waals surface area contributed by atoms with Gasteiger partial charge >= 0.3 is 5.97 Å². The van der Waals surface area contributed by atoms with Gasteiger partial charge in [0, 0.05) is 6.04 Å². The number of aromatic nitrogens is 2. The van der Waals surface area contributed by atoms with Crippen LogP contribution in [0.5, 0.6) is 0 Å². The van der Waals surface area contributed by atoms with Crippen LogP contribution in [0.1, 0.15) is 31.1 Å². The Balaban J connectivity index is 2.49. The van der Waals surface area contributed by atoms with Crippen LogP contribution in [0.25, 0.3) is 9.53 Å². The highest BCUT2D eigenvalue weighted by atomic mass is 79.9. The van der Waals surface area contributed by atoms with Crippen molar-refractivity contribution >= 4 is 60.2 Å². The molecule has 1 amide bonds. The van der Waals surface area contributed by atoms with Gasteiger partial charge in [0.15, 0.2) is 4.83 Å². The van der Waals surface area contributed by atoms with Crippen molar-refractivity contribution in [1.29, 1.82) is 0 Å². The normalized spacial score (nSPS) is 12.8. The van der Waals surface area contributed by atoms with Crippen LogP contribution in [-0.2, 0) is 4.79 Å². The summed E-state index contributed by atoms with van der Waals surface area (Å²) in [4.78, 5) is 25.9. The maximum absolute atomic E-state index is 12.7. The van der Waals surface area contributed by atoms with Gasteiger partial charge in [-0.05, 0) is 48.2 Å². The summed E-state index contributed by atoms with van der Waals surface area (Å²) in [5.74, 6) is -1.35. The van der Waals surface area contributed by atoms with Crippen LogP contribution >= 0.6 is 38.8 Å². The zero-order valence-electron chi connectivity index (χ0n) is 11.0. The third-order valence-electron chi connectivity index (χ3n) is 2.85. The molecule has 1 N–H and O–H groups in total. The molecule has 0 fully saturated rings. The molecule has 0 bridgehead atoms. The average Bonchev–Trinajstić information content (AvgIpc) is 2.87. The van der Waals surface area contributed by atoms with Crippen LogP contribution < -0.4 is 0 Å². The summed E-state index contributed by atoms with van der Waals surface area (Å²) in [6.45, 7) is 5.09. The molecule has 2 rings (SSSR count). The van der Waals surface area contributed by atoms with Gasteiger partial charge in [-0.1, -0.05) is 4.49 Å². The van der Waals surface area contributed by atoms with Crippen molar-refractivity contribution in [3.8, 4) is 0 Å². The minimum atomic E-state index is -1.03. The molecule has 0 radical (unpaired) electrons. The monoisotopic (exact) mass is 377 g/mol. The second-order valence-corrected chi connectivity index (χ2v) is 7.55. The Morgan fingerprint density at radius 2 is 2.00 bits per heavy atom. The number of carbonyl (C=O) groups excluding carboxylic acids is 1. The molecular weight excluding hydrogens is 366 g/mol. The molecule has 0 aliphatic carbocycles. The van der Waals surface area contributed by atoms with Crippen molar-refractivity contribution < 1.29 is 14.7 Å². The number of hydrogen-bond acceptors (Lipinski definition) is 6. The lowest BCUT2D eigenvalue weighted by atomic mass is 10.1. The van der Waals surface area contributed by atoms with E-state index in [9.17, 15) is 9.59 Å². The quantitative estimate of drug-likeness (QED) is 0.885. The van der Waals surface area contributed by atoms with Crippen molar-refractivity contribution in [2.75, 3.05) is 0 Å². The maximum Gasteiger partial charge on any atom is 0.326 e. The highest BCUT2D eigenvalue weighted by molar-refractivity contribution is 9.11. The van der Waals surface area contributed by atoms with Crippen LogP contribution in [0.4, 0.5) is 0 Å². The minimum Gasteiger partial charge on any atom is -0.480 e. The molecular formula is C11H12BrN3O3S2. The lowest BCUT2D eigenvalue weighted by Crippen LogP contribution is -2.47. The van der Waals surface area contributed by atoms with E-state index in [2.05, 4.69) is 25.5 Å². The number of carbonyl (C=O) groups is 2. The standard InChI is InChI=1S/C11H12BrN3O3S2/c1-4(2)15(5(3)11(17)18)10(16)6-7-9(13-14-20-7)19-8(6)12/h4-5H,1-3H3,(H,17,18). The number of thiophene rings is 1. The van der Waals surface area contributed by atoms with Gasteiger partial charge in [-0.15, -0.1) is 16.4 Å².